The molecule has 2 heteroatoms. The van der Waals surface area contributed by atoms with Gasteiger partial charge in [0.1, 0.15) is 11.2 Å². The Morgan fingerprint density at radius 1 is 0.258 bits per heavy atom. The fraction of sp³-hybridized carbons (Fsp3) is 0. The lowest BCUT2D eigenvalue weighted by atomic mass is 9.92. The first-order chi connectivity index (χ1) is 30.7. The summed E-state index contributed by atoms with van der Waals surface area (Å²) >= 11 is 0. The van der Waals surface area contributed by atoms with Gasteiger partial charge in [-0.05, 0) is 132 Å². The number of rotatable bonds is 7. The van der Waals surface area contributed by atoms with Crippen molar-refractivity contribution in [2.75, 3.05) is 4.90 Å². The molecule has 0 radical (unpaired) electrons. The third-order valence-corrected chi connectivity index (χ3v) is 12.4. The first-order valence-corrected chi connectivity index (χ1v) is 21.2. The zero-order valence-corrected chi connectivity index (χ0v) is 33.9. The first-order valence-electron chi connectivity index (χ1n) is 21.2. The number of benzene rings is 11. The van der Waals surface area contributed by atoms with Gasteiger partial charge in [-0.2, -0.15) is 0 Å². The zero-order valence-electron chi connectivity index (χ0n) is 33.9. The van der Waals surface area contributed by atoms with Gasteiger partial charge in [0.15, 0.2) is 0 Å². The Morgan fingerprint density at radius 3 is 1.47 bits per heavy atom. The molecule has 0 atom stereocenters. The lowest BCUT2D eigenvalue weighted by Gasteiger charge is -2.28. The molecule has 0 amide bonds. The van der Waals surface area contributed by atoms with Crippen LogP contribution in [0.4, 0.5) is 17.1 Å². The van der Waals surface area contributed by atoms with Crippen molar-refractivity contribution in [3.05, 3.63) is 237 Å². The molecule has 0 aliphatic heterocycles. The van der Waals surface area contributed by atoms with E-state index in [-0.39, 0.29) is 0 Å². The highest BCUT2D eigenvalue weighted by atomic mass is 16.3. The number of para-hydroxylation sites is 1. The SMILES string of the molecule is c1ccc(-c2ccc(-c3cc(-c4ccc(N(c5ccc(-c6ccc7c(c6)oc6ccccc67)cc5)c5cc6ccccc6c6ccccc56)cc4)cc4ccccc34)cc2)cc1. The third kappa shape index (κ3) is 6.20. The van der Waals surface area contributed by atoms with Gasteiger partial charge in [-0.25, -0.2) is 0 Å². The van der Waals surface area contributed by atoms with Crippen molar-refractivity contribution in [3.8, 4) is 44.5 Å². The Kier molecular flexibility index (Phi) is 8.53. The van der Waals surface area contributed by atoms with Crippen LogP contribution >= 0.6 is 0 Å². The molecule has 0 N–H and O–H groups in total. The van der Waals surface area contributed by atoms with Crippen molar-refractivity contribution in [1.82, 2.24) is 0 Å². The Labute approximate surface area is 360 Å². The summed E-state index contributed by atoms with van der Waals surface area (Å²) < 4.78 is 6.27. The molecule has 0 saturated heterocycles. The molecule has 290 valence electrons. The molecule has 12 rings (SSSR count). The van der Waals surface area contributed by atoms with Crippen molar-refractivity contribution >= 4 is 71.3 Å². The van der Waals surface area contributed by atoms with Crippen LogP contribution in [0, 0.1) is 0 Å². The number of anilines is 3. The second-order valence-electron chi connectivity index (χ2n) is 16.1. The van der Waals surface area contributed by atoms with Crippen molar-refractivity contribution in [1.29, 1.82) is 0 Å². The standard InChI is InChI=1S/C60H39NO/c1-2-12-40(13-3-1)41-22-24-44(25-23-41)57-37-48(36-46-14-4-7-17-52(46)57)43-28-33-50(34-29-43)61(58-38-47-15-5-6-16-51(47)53-18-8-9-19-54(53)58)49-31-26-42(27-32-49)45-30-35-56-55-20-10-11-21-59(55)62-60(56)39-45/h1-39H. The van der Waals surface area contributed by atoms with Gasteiger partial charge in [0.25, 0.3) is 0 Å². The van der Waals surface area contributed by atoms with E-state index < -0.39 is 0 Å². The Hall–Kier alpha value is -8.20. The van der Waals surface area contributed by atoms with Gasteiger partial charge >= 0.3 is 0 Å². The minimum absolute atomic E-state index is 0.900. The van der Waals surface area contributed by atoms with Crippen LogP contribution < -0.4 is 4.90 Å². The lowest BCUT2D eigenvalue weighted by molar-refractivity contribution is 0.669. The highest BCUT2D eigenvalue weighted by Crippen LogP contribution is 2.44. The average Bonchev–Trinajstić information content (AvgIpc) is 3.73. The second-order valence-corrected chi connectivity index (χ2v) is 16.1. The van der Waals surface area contributed by atoms with Crippen LogP contribution in [0.1, 0.15) is 0 Å². The van der Waals surface area contributed by atoms with Gasteiger partial charge < -0.3 is 9.32 Å². The summed E-state index contributed by atoms with van der Waals surface area (Å²) in [7, 11) is 0. The predicted octanol–water partition coefficient (Wildman–Crippen LogP) is 17.2. The lowest BCUT2D eigenvalue weighted by Crippen LogP contribution is -2.10. The van der Waals surface area contributed by atoms with E-state index in [4.69, 9.17) is 4.42 Å². The molecule has 1 aromatic heterocycles. The van der Waals surface area contributed by atoms with Crippen LogP contribution in [0.2, 0.25) is 0 Å². The number of hydrogen-bond donors (Lipinski definition) is 0. The summed E-state index contributed by atoms with van der Waals surface area (Å²) in [6.07, 6.45) is 0. The van der Waals surface area contributed by atoms with E-state index in [1.807, 2.05) is 12.1 Å². The quantitative estimate of drug-likeness (QED) is 0.150. The molecule has 0 aliphatic rings. The molecular formula is C60H39NO. The van der Waals surface area contributed by atoms with Crippen LogP contribution in [0.3, 0.4) is 0 Å². The van der Waals surface area contributed by atoms with Crippen LogP contribution in [0.5, 0.6) is 0 Å². The van der Waals surface area contributed by atoms with E-state index in [9.17, 15) is 0 Å². The molecule has 0 spiro atoms. The van der Waals surface area contributed by atoms with E-state index in [2.05, 4.69) is 229 Å². The predicted molar refractivity (Wildman–Crippen MR) is 263 cm³/mol. The molecule has 1 heterocycles. The summed E-state index contributed by atoms with van der Waals surface area (Å²) in [5.41, 5.74) is 14.6. The summed E-state index contributed by atoms with van der Waals surface area (Å²) in [6, 6.07) is 85.6. The van der Waals surface area contributed by atoms with Gasteiger partial charge in [-0.15, -0.1) is 0 Å². The summed E-state index contributed by atoms with van der Waals surface area (Å²) in [4.78, 5) is 2.41. The smallest absolute Gasteiger partial charge is 0.136 e. The van der Waals surface area contributed by atoms with Crippen molar-refractivity contribution < 1.29 is 4.42 Å². The van der Waals surface area contributed by atoms with Gasteiger partial charge in [-0.3, -0.25) is 0 Å². The number of hydrogen-bond acceptors (Lipinski definition) is 2. The number of nitrogens with zero attached hydrogens (tertiary/aromatic N) is 1. The molecule has 0 bridgehead atoms. The van der Waals surface area contributed by atoms with E-state index in [1.54, 1.807) is 0 Å². The molecule has 62 heavy (non-hydrogen) atoms. The minimum Gasteiger partial charge on any atom is -0.456 e. The van der Waals surface area contributed by atoms with E-state index >= 15 is 0 Å². The maximum absolute atomic E-state index is 6.27. The molecule has 11 aromatic carbocycles. The zero-order chi connectivity index (χ0) is 41.0. The topological polar surface area (TPSA) is 16.4 Å². The van der Waals surface area contributed by atoms with Gasteiger partial charge in [0.05, 0.1) is 5.69 Å². The van der Waals surface area contributed by atoms with Crippen LogP contribution in [0.15, 0.2) is 241 Å². The van der Waals surface area contributed by atoms with Gasteiger partial charge in [-0.1, -0.05) is 176 Å². The maximum Gasteiger partial charge on any atom is 0.136 e. The molecule has 0 fully saturated rings. The highest BCUT2D eigenvalue weighted by molar-refractivity contribution is 6.14. The van der Waals surface area contributed by atoms with E-state index in [0.29, 0.717) is 0 Å². The van der Waals surface area contributed by atoms with Crippen molar-refractivity contribution in [2.24, 2.45) is 0 Å². The monoisotopic (exact) mass is 789 g/mol. The van der Waals surface area contributed by atoms with Crippen molar-refractivity contribution in [2.45, 2.75) is 0 Å². The minimum atomic E-state index is 0.900. The number of fused-ring (bicyclic) bond motifs is 7. The first kappa shape index (κ1) is 35.7. The average molecular weight is 790 g/mol. The summed E-state index contributed by atoms with van der Waals surface area (Å²) in [5.74, 6) is 0. The van der Waals surface area contributed by atoms with Gasteiger partial charge in [0.2, 0.25) is 0 Å². The van der Waals surface area contributed by atoms with Crippen LogP contribution in [0.25, 0.3) is 98.8 Å². The van der Waals surface area contributed by atoms with Crippen LogP contribution in [-0.4, -0.2) is 0 Å². The normalized spacial score (nSPS) is 11.5. The van der Waals surface area contributed by atoms with Crippen molar-refractivity contribution in [3.63, 3.8) is 0 Å². The summed E-state index contributed by atoms with van der Waals surface area (Å²) in [6.45, 7) is 0. The van der Waals surface area contributed by atoms with E-state index in [1.165, 1.54) is 65.7 Å². The molecular weight excluding hydrogens is 751 g/mol. The Morgan fingerprint density at radius 2 is 0.742 bits per heavy atom. The maximum atomic E-state index is 6.27. The molecule has 0 aliphatic carbocycles. The van der Waals surface area contributed by atoms with Gasteiger partial charge in [0, 0.05) is 27.5 Å². The third-order valence-electron chi connectivity index (χ3n) is 12.4. The second kappa shape index (κ2) is 14.8. The molecule has 12 aromatic rings. The largest absolute Gasteiger partial charge is 0.456 e. The number of furan rings is 1. The Bertz CT molecular complexity index is 3600. The fourth-order valence-corrected chi connectivity index (χ4v) is 9.35. The molecule has 2 nitrogen and oxygen atoms in total. The Balaban J connectivity index is 0.959. The fourth-order valence-electron chi connectivity index (χ4n) is 9.35. The van der Waals surface area contributed by atoms with Crippen LogP contribution in [-0.2, 0) is 0 Å². The molecule has 0 saturated carbocycles. The van der Waals surface area contributed by atoms with E-state index in [0.717, 1.165) is 50.1 Å². The highest BCUT2D eigenvalue weighted by Gasteiger charge is 2.19. The molecule has 0 unspecified atom stereocenters. The summed E-state index contributed by atoms with van der Waals surface area (Å²) in [5, 5.41) is 9.64.